The highest BCUT2D eigenvalue weighted by Gasteiger charge is 2.07. The fourth-order valence-corrected chi connectivity index (χ4v) is 2.05. The van der Waals surface area contributed by atoms with E-state index in [2.05, 4.69) is 4.98 Å². The number of fused-ring (bicyclic) bond motifs is 1. The van der Waals surface area contributed by atoms with Gasteiger partial charge in [-0.2, -0.15) is 0 Å². The molecule has 0 unspecified atom stereocenters. The van der Waals surface area contributed by atoms with Gasteiger partial charge in [0.05, 0.1) is 11.2 Å². The number of nitrogens with two attached hydrogens (primary N) is 1. The molecule has 0 saturated heterocycles. The molecule has 3 aromatic rings. The predicted molar refractivity (Wildman–Crippen MR) is 77.6 cm³/mol. The van der Waals surface area contributed by atoms with Gasteiger partial charge in [-0.3, -0.25) is 4.98 Å². The summed E-state index contributed by atoms with van der Waals surface area (Å²) in [6, 6.07) is 11.3. The summed E-state index contributed by atoms with van der Waals surface area (Å²) in [5.41, 5.74) is 6.23. The van der Waals surface area contributed by atoms with Crippen LogP contribution in [0.3, 0.4) is 0 Å². The highest BCUT2D eigenvalue weighted by Crippen LogP contribution is 2.31. The first-order valence-electron chi connectivity index (χ1n) is 5.90. The molecule has 0 bridgehead atoms. The molecule has 5 heteroatoms. The number of aromatic nitrogens is 1. The molecule has 2 N–H and O–H groups in total. The van der Waals surface area contributed by atoms with E-state index in [1.165, 1.54) is 12.1 Å². The Morgan fingerprint density at radius 2 is 1.95 bits per heavy atom. The van der Waals surface area contributed by atoms with Crippen molar-refractivity contribution in [3.05, 3.63) is 59.5 Å². The van der Waals surface area contributed by atoms with Gasteiger partial charge in [0.1, 0.15) is 17.3 Å². The molecular weight excluding hydrogens is 279 g/mol. The Morgan fingerprint density at radius 1 is 1.10 bits per heavy atom. The maximum absolute atomic E-state index is 13.4. The fraction of sp³-hybridized carbons (Fsp3) is 0. The normalized spacial score (nSPS) is 10.7. The van der Waals surface area contributed by atoms with Gasteiger partial charge < -0.3 is 10.5 Å². The van der Waals surface area contributed by atoms with Gasteiger partial charge in [0, 0.05) is 22.7 Å². The summed E-state index contributed by atoms with van der Waals surface area (Å²) in [6.45, 7) is 0. The third kappa shape index (κ3) is 2.38. The maximum atomic E-state index is 13.4. The number of halogens is 2. The lowest BCUT2D eigenvalue weighted by Crippen LogP contribution is -1.92. The van der Waals surface area contributed by atoms with E-state index >= 15 is 0 Å². The van der Waals surface area contributed by atoms with Gasteiger partial charge in [-0.15, -0.1) is 0 Å². The Labute approximate surface area is 119 Å². The molecule has 2 aromatic carbocycles. The third-order valence-electron chi connectivity index (χ3n) is 2.86. The average Bonchev–Trinajstić information content (AvgIpc) is 2.43. The van der Waals surface area contributed by atoms with E-state index in [4.69, 9.17) is 22.1 Å². The molecule has 3 rings (SSSR count). The van der Waals surface area contributed by atoms with Crippen LogP contribution < -0.4 is 10.5 Å². The number of rotatable bonds is 2. The molecule has 0 aliphatic carbocycles. The van der Waals surface area contributed by atoms with E-state index in [9.17, 15) is 4.39 Å². The Morgan fingerprint density at radius 3 is 2.75 bits per heavy atom. The van der Waals surface area contributed by atoms with Gasteiger partial charge in [-0.1, -0.05) is 11.6 Å². The second kappa shape index (κ2) is 4.98. The zero-order valence-corrected chi connectivity index (χ0v) is 11.1. The van der Waals surface area contributed by atoms with E-state index in [-0.39, 0.29) is 5.69 Å². The van der Waals surface area contributed by atoms with E-state index < -0.39 is 5.82 Å². The van der Waals surface area contributed by atoms with Crippen molar-refractivity contribution < 1.29 is 9.13 Å². The Balaban J connectivity index is 2.04. The number of ether oxygens (including phenoxy) is 1. The fourth-order valence-electron chi connectivity index (χ4n) is 1.88. The SMILES string of the molecule is Nc1ccc(Oc2ccnc3cc(Cl)ccc23)cc1F. The lowest BCUT2D eigenvalue weighted by molar-refractivity contribution is 0.482. The van der Waals surface area contributed by atoms with E-state index in [1.54, 1.807) is 30.5 Å². The topological polar surface area (TPSA) is 48.1 Å². The highest BCUT2D eigenvalue weighted by atomic mass is 35.5. The van der Waals surface area contributed by atoms with Crippen LogP contribution in [0.15, 0.2) is 48.7 Å². The van der Waals surface area contributed by atoms with E-state index in [1.807, 2.05) is 6.07 Å². The molecule has 1 aromatic heterocycles. The first-order chi connectivity index (χ1) is 9.63. The van der Waals surface area contributed by atoms with Crippen LogP contribution in [0.25, 0.3) is 10.9 Å². The summed E-state index contributed by atoms with van der Waals surface area (Å²) >= 11 is 5.93. The van der Waals surface area contributed by atoms with Crippen LogP contribution in [0.1, 0.15) is 0 Å². The Kier molecular flexibility index (Phi) is 3.16. The Hall–Kier alpha value is -2.33. The quantitative estimate of drug-likeness (QED) is 0.711. The highest BCUT2D eigenvalue weighted by molar-refractivity contribution is 6.31. The zero-order chi connectivity index (χ0) is 14.1. The molecule has 0 saturated carbocycles. The third-order valence-corrected chi connectivity index (χ3v) is 3.10. The molecule has 0 amide bonds. The summed E-state index contributed by atoms with van der Waals surface area (Å²) in [7, 11) is 0. The van der Waals surface area contributed by atoms with Gasteiger partial charge in [0.2, 0.25) is 0 Å². The lowest BCUT2D eigenvalue weighted by atomic mass is 10.2. The molecular formula is C15H10ClFN2O. The predicted octanol–water partition coefficient (Wildman–Crippen LogP) is 4.40. The average molecular weight is 289 g/mol. The van der Waals surface area contributed by atoms with Crippen LogP contribution >= 0.6 is 11.6 Å². The standard InChI is InChI=1S/C15H10ClFN2O/c16-9-1-3-11-14(7-9)19-6-5-15(11)20-10-2-4-13(18)12(17)8-10/h1-8H,18H2. The molecule has 100 valence electrons. The first kappa shape index (κ1) is 12.7. The molecule has 0 aliphatic rings. The van der Waals surface area contributed by atoms with Crippen LogP contribution in [-0.4, -0.2) is 4.98 Å². The number of anilines is 1. The van der Waals surface area contributed by atoms with E-state index in [0.29, 0.717) is 22.0 Å². The minimum atomic E-state index is -0.510. The van der Waals surface area contributed by atoms with Gasteiger partial charge in [-0.25, -0.2) is 4.39 Å². The van der Waals surface area contributed by atoms with Crippen LogP contribution in [0.4, 0.5) is 10.1 Å². The number of hydrogen-bond donors (Lipinski definition) is 1. The van der Waals surface area contributed by atoms with Crippen molar-refractivity contribution in [2.24, 2.45) is 0 Å². The van der Waals surface area contributed by atoms with Gasteiger partial charge in [-0.05, 0) is 36.4 Å². The molecule has 1 heterocycles. The number of nitrogens with zero attached hydrogens (tertiary/aromatic N) is 1. The monoisotopic (exact) mass is 288 g/mol. The van der Waals surface area contributed by atoms with Crippen LogP contribution in [0.5, 0.6) is 11.5 Å². The van der Waals surface area contributed by atoms with Crippen LogP contribution in [-0.2, 0) is 0 Å². The second-order valence-electron chi connectivity index (χ2n) is 4.26. The zero-order valence-electron chi connectivity index (χ0n) is 10.3. The van der Waals surface area contributed by atoms with Crippen molar-refractivity contribution in [3.63, 3.8) is 0 Å². The number of benzene rings is 2. The number of nitrogen functional groups attached to an aromatic ring is 1. The smallest absolute Gasteiger partial charge is 0.149 e. The molecule has 0 fully saturated rings. The largest absolute Gasteiger partial charge is 0.456 e. The summed E-state index contributed by atoms with van der Waals surface area (Å²) < 4.78 is 19.1. The van der Waals surface area contributed by atoms with Crippen molar-refractivity contribution in [1.82, 2.24) is 4.98 Å². The summed E-state index contributed by atoms with van der Waals surface area (Å²) in [5.74, 6) is 0.443. The number of hydrogen-bond acceptors (Lipinski definition) is 3. The summed E-state index contributed by atoms with van der Waals surface area (Å²) in [5, 5.41) is 1.40. The summed E-state index contributed by atoms with van der Waals surface area (Å²) in [4.78, 5) is 4.22. The second-order valence-corrected chi connectivity index (χ2v) is 4.69. The van der Waals surface area contributed by atoms with Crippen LogP contribution in [0, 0.1) is 5.82 Å². The molecule has 0 aliphatic heterocycles. The molecule has 0 spiro atoms. The first-order valence-corrected chi connectivity index (χ1v) is 6.28. The number of pyridine rings is 1. The molecule has 0 radical (unpaired) electrons. The maximum Gasteiger partial charge on any atom is 0.149 e. The van der Waals surface area contributed by atoms with Gasteiger partial charge >= 0.3 is 0 Å². The molecule has 20 heavy (non-hydrogen) atoms. The van der Waals surface area contributed by atoms with Gasteiger partial charge in [0.15, 0.2) is 0 Å². The van der Waals surface area contributed by atoms with Crippen molar-refractivity contribution in [2.45, 2.75) is 0 Å². The van der Waals surface area contributed by atoms with Crippen molar-refractivity contribution in [1.29, 1.82) is 0 Å². The Bertz CT molecular complexity index is 792. The molecule has 0 atom stereocenters. The van der Waals surface area contributed by atoms with Crippen molar-refractivity contribution in [2.75, 3.05) is 5.73 Å². The summed E-state index contributed by atoms with van der Waals surface area (Å²) in [6.07, 6.45) is 1.61. The van der Waals surface area contributed by atoms with E-state index in [0.717, 1.165) is 5.39 Å². The minimum absolute atomic E-state index is 0.0868. The lowest BCUT2D eigenvalue weighted by Gasteiger charge is -2.09. The van der Waals surface area contributed by atoms with Crippen molar-refractivity contribution >= 4 is 28.2 Å². The minimum Gasteiger partial charge on any atom is -0.456 e. The van der Waals surface area contributed by atoms with Crippen molar-refractivity contribution in [3.8, 4) is 11.5 Å². The van der Waals surface area contributed by atoms with Crippen LogP contribution in [0.2, 0.25) is 5.02 Å². The molecule has 3 nitrogen and oxygen atoms in total. The van der Waals surface area contributed by atoms with Gasteiger partial charge in [0.25, 0.3) is 0 Å².